The van der Waals surface area contributed by atoms with Crippen LogP contribution in [0.15, 0.2) is 30.9 Å². The van der Waals surface area contributed by atoms with Crippen LogP contribution in [-0.2, 0) is 4.74 Å². The van der Waals surface area contributed by atoms with E-state index in [9.17, 15) is 4.79 Å². The Labute approximate surface area is 216 Å². The zero-order valence-corrected chi connectivity index (χ0v) is 21.3. The lowest BCUT2D eigenvalue weighted by Crippen LogP contribution is -2.36. The van der Waals surface area contributed by atoms with Gasteiger partial charge in [0.25, 0.3) is 5.91 Å². The second-order valence-electron chi connectivity index (χ2n) is 8.29. The monoisotopic (exact) mass is 523 g/mol. The average Bonchev–Trinajstić information content (AvgIpc) is 3.40. The summed E-state index contributed by atoms with van der Waals surface area (Å²) >= 11 is 1.62. The lowest BCUT2D eigenvalue weighted by Gasteiger charge is -2.28. The Balaban J connectivity index is 1.51. The third kappa shape index (κ3) is 4.98. The molecule has 2 N–H and O–H groups in total. The minimum atomic E-state index is -0.668. The third-order valence-corrected chi connectivity index (χ3v) is 7.35. The highest BCUT2D eigenvalue weighted by Crippen LogP contribution is 2.38. The normalized spacial score (nSPS) is 14.4. The Morgan fingerprint density at radius 2 is 1.86 bits per heavy atom. The summed E-state index contributed by atoms with van der Waals surface area (Å²) in [4.78, 5) is 43.5. The number of nitrogens with one attached hydrogen (secondary N) is 1. The van der Waals surface area contributed by atoms with Crippen LogP contribution in [0.5, 0.6) is 6.01 Å². The largest absolute Gasteiger partial charge is 0.467 e. The van der Waals surface area contributed by atoms with Gasteiger partial charge in [0.1, 0.15) is 0 Å². The van der Waals surface area contributed by atoms with E-state index in [1.54, 1.807) is 29.2 Å². The molecule has 0 radical (unpaired) electrons. The lowest BCUT2D eigenvalue weighted by atomic mass is 10.2. The molecule has 1 fully saturated rings. The maximum atomic E-state index is 11.6. The topological polar surface area (TPSA) is 152 Å². The number of carbonyl (C=O) groups is 1. The summed E-state index contributed by atoms with van der Waals surface area (Å²) in [7, 11) is 3.40. The van der Waals surface area contributed by atoms with Crippen molar-refractivity contribution < 1.29 is 19.5 Å². The number of methoxy groups -OCH3 is 1. The van der Waals surface area contributed by atoms with Gasteiger partial charge in [-0.05, 0) is 13.0 Å². The highest BCUT2D eigenvalue weighted by molar-refractivity contribution is 7.19. The number of hydroxylamine groups is 1. The number of hydrogen-bond acceptors (Lipinski definition) is 13. The Morgan fingerprint density at radius 1 is 1.16 bits per heavy atom. The first kappa shape index (κ1) is 24.7. The first-order valence-corrected chi connectivity index (χ1v) is 12.3. The molecule has 1 aliphatic rings. The van der Waals surface area contributed by atoms with Gasteiger partial charge in [-0.15, -0.1) is 11.3 Å². The molecular formula is C23H25N9O4S. The second-order valence-corrected chi connectivity index (χ2v) is 9.38. The van der Waals surface area contributed by atoms with E-state index in [0.29, 0.717) is 30.5 Å². The smallest absolute Gasteiger partial charge is 0.316 e. The number of carbonyl (C=O) groups excluding carboxylic acids is 1. The quantitative estimate of drug-likeness (QED) is 0.269. The molecule has 4 aromatic heterocycles. The average molecular weight is 524 g/mol. The van der Waals surface area contributed by atoms with E-state index in [0.717, 1.165) is 34.0 Å². The molecule has 13 nitrogen and oxygen atoms in total. The van der Waals surface area contributed by atoms with Gasteiger partial charge >= 0.3 is 6.01 Å². The Bertz CT molecular complexity index is 1390. The number of ether oxygens (including phenoxy) is 2. The van der Waals surface area contributed by atoms with Gasteiger partial charge < -0.3 is 19.3 Å². The zero-order valence-electron chi connectivity index (χ0n) is 20.5. The number of fused-ring (bicyclic) bond motifs is 1. The van der Waals surface area contributed by atoms with Crippen molar-refractivity contribution in [1.29, 1.82) is 0 Å². The molecule has 4 aromatic rings. The van der Waals surface area contributed by atoms with Crippen molar-refractivity contribution >= 4 is 39.2 Å². The molecule has 0 saturated carbocycles. The predicted octanol–water partition coefficient (Wildman–Crippen LogP) is 2.10. The minimum Gasteiger partial charge on any atom is -0.467 e. The molecule has 1 unspecified atom stereocenters. The Morgan fingerprint density at radius 3 is 2.51 bits per heavy atom. The lowest BCUT2D eigenvalue weighted by molar-refractivity contribution is 0.0705. The molecular weight excluding hydrogens is 498 g/mol. The minimum absolute atomic E-state index is 0.0953. The third-order valence-electron chi connectivity index (χ3n) is 6.06. The van der Waals surface area contributed by atoms with Gasteiger partial charge in [0.15, 0.2) is 11.6 Å². The number of morpholine rings is 1. The van der Waals surface area contributed by atoms with E-state index < -0.39 is 5.91 Å². The molecule has 0 aromatic carbocycles. The van der Waals surface area contributed by atoms with E-state index in [4.69, 9.17) is 24.6 Å². The van der Waals surface area contributed by atoms with E-state index in [-0.39, 0.29) is 17.6 Å². The second kappa shape index (κ2) is 10.5. The molecule has 0 aliphatic carbocycles. The highest BCUT2D eigenvalue weighted by Gasteiger charge is 2.24. The fourth-order valence-electron chi connectivity index (χ4n) is 3.84. The van der Waals surface area contributed by atoms with Crippen molar-refractivity contribution in [3.05, 3.63) is 41.3 Å². The fraction of sp³-hybridized carbons (Fsp3) is 0.348. The van der Waals surface area contributed by atoms with Crippen LogP contribution in [-0.4, -0.2) is 81.5 Å². The molecule has 1 aliphatic heterocycles. The van der Waals surface area contributed by atoms with Crippen molar-refractivity contribution in [1.82, 2.24) is 35.4 Å². The molecule has 0 bridgehead atoms. The van der Waals surface area contributed by atoms with Gasteiger partial charge in [-0.25, -0.2) is 35.4 Å². The van der Waals surface area contributed by atoms with Crippen LogP contribution >= 0.6 is 11.3 Å². The van der Waals surface area contributed by atoms with Crippen LogP contribution < -0.4 is 20.0 Å². The molecule has 37 heavy (non-hydrogen) atoms. The SMILES string of the molecule is COc1ncc(-c2nc(N3CCOCC3)c3sc(C(C)N(C)c4ncc(C(=O)NO)cn4)cc3n2)cn1. The van der Waals surface area contributed by atoms with E-state index >= 15 is 0 Å². The van der Waals surface area contributed by atoms with E-state index in [2.05, 4.69) is 24.8 Å². The maximum Gasteiger partial charge on any atom is 0.316 e. The number of hydrogen-bond donors (Lipinski definition) is 2. The first-order valence-electron chi connectivity index (χ1n) is 11.5. The molecule has 1 atom stereocenters. The van der Waals surface area contributed by atoms with Crippen LogP contribution in [0, 0.1) is 0 Å². The summed E-state index contributed by atoms with van der Waals surface area (Å²) in [6, 6.07) is 2.23. The standard InChI is InChI=1S/C23H25N9O4S/c1-13(31(2)22-24-11-15(12-25-22)21(33)30-34)17-8-16-18(37-17)20(32-4-6-36-7-5-32)29-19(28-16)14-9-26-23(35-3)27-10-14/h8-13,34H,4-7H2,1-3H3,(H,30,33). The zero-order chi connectivity index (χ0) is 25.9. The van der Waals surface area contributed by atoms with Gasteiger partial charge in [0, 0.05) is 49.8 Å². The summed E-state index contributed by atoms with van der Waals surface area (Å²) < 4.78 is 11.6. The molecule has 1 amide bonds. The summed E-state index contributed by atoms with van der Waals surface area (Å²) in [5, 5.41) is 8.81. The molecule has 5 heterocycles. The van der Waals surface area contributed by atoms with Crippen LogP contribution in [0.2, 0.25) is 0 Å². The van der Waals surface area contributed by atoms with E-state index in [1.807, 2.05) is 24.9 Å². The molecule has 0 spiro atoms. The molecule has 1 saturated heterocycles. The molecule has 192 valence electrons. The maximum absolute atomic E-state index is 11.6. The number of anilines is 2. The molecule has 14 heteroatoms. The van der Waals surface area contributed by atoms with Crippen molar-refractivity contribution in [3.8, 4) is 17.4 Å². The van der Waals surface area contributed by atoms with Gasteiger partial charge in [-0.2, -0.15) is 0 Å². The van der Waals surface area contributed by atoms with Crippen molar-refractivity contribution in [2.24, 2.45) is 0 Å². The van der Waals surface area contributed by atoms with Crippen LogP contribution in [0.1, 0.15) is 28.2 Å². The van der Waals surface area contributed by atoms with E-state index in [1.165, 1.54) is 19.5 Å². The Kier molecular flexibility index (Phi) is 7.03. The van der Waals surface area contributed by atoms with Crippen molar-refractivity contribution in [3.63, 3.8) is 0 Å². The number of thiophene rings is 1. The molecule has 5 rings (SSSR count). The van der Waals surface area contributed by atoms with Gasteiger partial charge in [0.2, 0.25) is 5.95 Å². The summed E-state index contributed by atoms with van der Waals surface area (Å²) in [6.07, 6.45) is 6.04. The summed E-state index contributed by atoms with van der Waals surface area (Å²) in [6.45, 7) is 4.77. The number of aromatic nitrogens is 6. The van der Waals surface area contributed by atoms with Crippen molar-refractivity contribution in [2.75, 3.05) is 50.3 Å². The number of rotatable bonds is 7. The predicted molar refractivity (Wildman–Crippen MR) is 136 cm³/mol. The van der Waals surface area contributed by atoms with Crippen molar-refractivity contribution in [2.45, 2.75) is 13.0 Å². The van der Waals surface area contributed by atoms with Crippen LogP contribution in [0.25, 0.3) is 21.6 Å². The van der Waals surface area contributed by atoms with Gasteiger partial charge in [0.05, 0.1) is 47.7 Å². The number of nitrogens with zero attached hydrogens (tertiary/aromatic N) is 8. The van der Waals surface area contributed by atoms with Gasteiger partial charge in [-0.3, -0.25) is 10.0 Å². The van der Waals surface area contributed by atoms with Crippen LogP contribution in [0.3, 0.4) is 0 Å². The van der Waals surface area contributed by atoms with Gasteiger partial charge in [-0.1, -0.05) is 0 Å². The first-order chi connectivity index (χ1) is 18.0. The Hall–Kier alpha value is -4.01. The summed E-state index contributed by atoms with van der Waals surface area (Å²) in [5.74, 6) is 1.15. The number of amides is 1. The van der Waals surface area contributed by atoms with Crippen LogP contribution in [0.4, 0.5) is 11.8 Å². The summed E-state index contributed by atoms with van der Waals surface area (Å²) in [5.41, 5.74) is 3.25. The fourth-order valence-corrected chi connectivity index (χ4v) is 5.05. The highest BCUT2D eigenvalue weighted by atomic mass is 32.1.